The number of H-pyrrole nitrogens is 1. The fraction of sp³-hybridized carbons (Fsp3) is 0.565. The maximum absolute atomic E-state index is 12.4. The van der Waals surface area contributed by atoms with E-state index in [1.165, 1.54) is 4.57 Å². The first-order chi connectivity index (χ1) is 17.9. The Labute approximate surface area is 214 Å². The first kappa shape index (κ1) is 28.2. The third-order valence-corrected chi connectivity index (χ3v) is 6.66. The molecule has 38 heavy (non-hydrogen) atoms. The first-order valence-electron chi connectivity index (χ1n) is 11.8. The van der Waals surface area contributed by atoms with E-state index >= 15 is 0 Å². The molecule has 4 rings (SSSR count). The topological polar surface area (TPSA) is 241 Å². The van der Waals surface area contributed by atoms with Crippen LogP contribution >= 0.6 is 0 Å². The van der Waals surface area contributed by atoms with E-state index in [1.54, 1.807) is 12.1 Å². The van der Waals surface area contributed by atoms with Gasteiger partial charge in [-0.3, -0.25) is 9.78 Å². The summed E-state index contributed by atoms with van der Waals surface area (Å²) in [6, 6.07) is 3.44. The maximum Gasteiger partial charge on any atom is 0.349 e. The van der Waals surface area contributed by atoms with E-state index in [1.807, 2.05) is 18.8 Å². The number of hydrogen-bond acceptors (Lipinski definition) is 13. The molecule has 1 fully saturated rings. The molecule has 3 aliphatic rings. The van der Waals surface area contributed by atoms with Crippen molar-refractivity contribution in [3.8, 4) is 11.5 Å². The average Bonchev–Trinajstić information content (AvgIpc) is 2.87. The molecule has 3 heterocycles. The Morgan fingerprint density at radius 2 is 1.71 bits per heavy atom. The van der Waals surface area contributed by atoms with Gasteiger partial charge in [0, 0.05) is 0 Å². The Morgan fingerprint density at radius 3 is 2.39 bits per heavy atom. The number of nitrogens with one attached hydrogen (secondary N) is 1. The van der Waals surface area contributed by atoms with Gasteiger partial charge < -0.3 is 49.8 Å². The van der Waals surface area contributed by atoms with Gasteiger partial charge in [-0.05, 0) is 37.1 Å². The summed E-state index contributed by atoms with van der Waals surface area (Å²) < 4.78 is 11.8. The van der Waals surface area contributed by atoms with E-state index in [9.17, 15) is 45.3 Å². The van der Waals surface area contributed by atoms with Crippen LogP contribution in [0.3, 0.4) is 0 Å². The third kappa shape index (κ3) is 5.33. The van der Waals surface area contributed by atoms with Crippen LogP contribution in [0.2, 0.25) is 0 Å². The Morgan fingerprint density at radius 1 is 1.03 bits per heavy atom. The van der Waals surface area contributed by atoms with E-state index in [0.717, 1.165) is 11.1 Å². The zero-order valence-electron chi connectivity index (χ0n) is 20.5. The molecule has 0 aliphatic carbocycles. The highest BCUT2D eigenvalue weighted by Gasteiger charge is 2.44. The van der Waals surface area contributed by atoms with E-state index in [4.69, 9.17) is 9.47 Å². The molecule has 0 bridgehead atoms. The number of hydrogen-bond donors (Lipinski definition) is 8. The molecule has 15 nitrogen and oxygen atoms in total. The van der Waals surface area contributed by atoms with Crippen LogP contribution in [0.15, 0.2) is 21.7 Å². The molecule has 0 saturated carbocycles. The molecule has 1 aromatic rings. The fourth-order valence-electron chi connectivity index (χ4n) is 4.28. The van der Waals surface area contributed by atoms with Crippen LogP contribution in [0.4, 0.5) is 0 Å². The number of aliphatic hydroxyl groups is 7. The molecule has 3 aliphatic heterocycles. The standard InChI is InChI=1S/C23H30N4O11/c1-8-3-10-11(4-9(8)2)27(20-15(24-10)21(35)26-23(36)25-20)5-12(29)16(31)13(30)7-37-22-19(34)18(33)17(32)14(6-28)38-22/h3-4,12-14,16-19,22,28-34H,5-7H2,1-2H3,(H,26,35,36)/t12-,13+,14+,16-,17+,18-,19+,22-/m0/s1. The van der Waals surface area contributed by atoms with Crippen molar-refractivity contribution < 1.29 is 45.2 Å². The van der Waals surface area contributed by atoms with E-state index < -0.39 is 80.0 Å². The second kappa shape index (κ2) is 11.1. The number of aliphatic hydroxyl groups excluding tert-OH is 7. The highest BCUT2D eigenvalue weighted by Crippen LogP contribution is 2.25. The number of fused-ring (bicyclic) bond motifs is 2. The van der Waals surface area contributed by atoms with Gasteiger partial charge in [-0.15, -0.1) is 0 Å². The van der Waals surface area contributed by atoms with Gasteiger partial charge in [-0.25, -0.2) is 9.78 Å². The van der Waals surface area contributed by atoms with Crippen molar-refractivity contribution in [2.75, 3.05) is 13.2 Å². The predicted octanol–water partition coefficient (Wildman–Crippen LogP) is -3.90. The van der Waals surface area contributed by atoms with Crippen molar-refractivity contribution in [2.24, 2.45) is 0 Å². The van der Waals surface area contributed by atoms with Crippen LogP contribution < -0.4 is 11.2 Å². The van der Waals surface area contributed by atoms with Gasteiger partial charge in [-0.2, -0.15) is 4.98 Å². The number of benzene rings is 1. The van der Waals surface area contributed by atoms with E-state index in [2.05, 4.69) is 9.97 Å². The molecule has 0 radical (unpaired) electrons. The minimum atomic E-state index is -1.83. The molecule has 0 amide bonds. The average molecular weight is 539 g/mol. The summed E-state index contributed by atoms with van der Waals surface area (Å²) in [5, 5.41) is 70.9. The summed E-state index contributed by atoms with van der Waals surface area (Å²) in [7, 11) is 0. The smallest absolute Gasteiger partial charge is 0.349 e. The fourth-order valence-corrected chi connectivity index (χ4v) is 4.28. The van der Waals surface area contributed by atoms with Gasteiger partial charge >= 0.3 is 5.69 Å². The number of aryl methyl sites for hydroxylation is 2. The van der Waals surface area contributed by atoms with Gasteiger partial charge in [0.25, 0.3) is 5.56 Å². The highest BCUT2D eigenvalue weighted by atomic mass is 16.7. The van der Waals surface area contributed by atoms with E-state index in [0.29, 0.717) is 11.0 Å². The number of aromatic amines is 1. The lowest BCUT2D eigenvalue weighted by molar-refractivity contribution is -0.306. The Hall–Kier alpha value is -2.86. The zero-order valence-corrected chi connectivity index (χ0v) is 20.5. The molecule has 0 spiro atoms. The Kier molecular flexibility index (Phi) is 8.22. The van der Waals surface area contributed by atoms with Gasteiger partial charge in [0.1, 0.15) is 42.7 Å². The second-order valence-electron chi connectivity index (χ2n) is 9.35. The van der Waals surface area contributed by atoms with E-state index in [-0.39, 0.29) is 11.5 Å². The number of aromatic nitrogens is 4. The van der Waals surface area contributed by atoms with Crippen molar-refractivity contribution in [3.05, 3.63) is 44.1 Å². The molecule has 208 valence electrons. The van der Waals surface area contributed by atoms with Crippen molar-refractivity contribution in [2.45, 2.75) is 69.4 Å². The largest absolute Gasteiger partial charge is 0.394 e. The van der Waals surface area contributed by atoms with Crippen LogP contribution in [-0.2, 0) is 16.0 Å². The van der Waals surface area contributed by atoms with Gasteiger partial charge in [0.05, 0.1) is 30.8 Å². The first-order valence-corrected chi connectivity index (χ1v) is 11.8. The molecule has 8 N–H and O–H groups in total. The number of rotatable bonds is 8. The van der Waals surface area contributed by atoms with Gasteiger partial charge in [0.15, 0.2) is 17.8 Å². The minimum Gasteiger partial charge on any atom is -0.394 e. The quantitative estimate of drug-likeness (QED) is 0.128. The van der Waals surface area contributed by atoms with Crippen LogP contribution in [-0.4, -0.2) is 117 Å². The summed E-state index contributed by atoms with van der Waals surface area (Å²) in [4.78, 5) is 34.5. The minimum absolute atomic E-state index is 0.132. The number of nitrogens with zero attached hydrogens (tertiary/aromatic N) is 3. The second-order valence-corrected chi connectivity index (χ2v) is 9.35. The molecule has 0 aromatic heterocycles. The van der Waals surface area contributed by atoms with Crippen LogP contribution in [0.5, 0.6) is 0 Å². The van der Waals surface area contributed by atoms with Crippen LogP contribution in [0.1, 0.15) is 11.1 Å². The number of ether oxygens (including phenoxy) is 2. The summed E-state index contributed by atoms with van der Waals surface area (Å²) in [5.74, 6) is -0.132. The van der Waals surface area contributed by atoms with Gasteiger partial charge in [-0.1, -0.05) is 0 Å². The van der Waals surface area contributed by atoms with Gasteiger partial charge in [0.2, 0.25) is 0 Å². The van der Waals surface area contributed by atoms with Crippen LogP contribution in [0.25, 0.3) is 22.6 Å². The third-order valence-electron chi connectivity index (χ3n) is 6.66. The van der Waals surface area contributed by atoms with Crippen molar-refractivity contribution in [3.63, 3.8) is 0 Å². The molecular weight excluding hydrogens is 508 g/mol. The lowest BCUT2D eigenvalue weighted by Crippen LogP contribution is -2.59. The lowest BCUT2D eigenvalue weighted by Gasteiger charge is -2.40. The zero-order chi connectivity index (χ0) is 27.9. The molecule has 1 saturated heterocycles. The van der Waals surface area contributed by atoms with Crippen LogP contribution in [0, 0.1) is 13.8 Å². The monoisotopic (exact) mass is 538 g/mol. The van der Waals surface area contributed by atoms with Crippen molar-refractivity contribution >= 4 is 11.0 Å². The molecule has 1 aromatic carbocycles. The van der Waals surface area contributed by atoms with Crippen molar-refractivity contribution in [1.29, 1.82) is 0 Å². The normalized spacial score (nSPS) is 26.5. The molecule has 0 unspecified atom stereocenters. The summed E-state index contributed by atoms with van der Waals surface area (Å²) in [5.41, 5.74) is 0.649. The Balaban J connectivity index is 1.56. The van der Waals surface area contributed by atoms with Crippen molar-refractivity contribution in [1.82, 2.24) is 19.5 Å². The summed E-state index contributed by atoms with van der Waals surface area (Å²) in [6.45, 7) is 1.91. The summed E-state index contributed by atoms with van der Waals surface area (Å²) in [6.07, 6.45) is -13.0. The summed E-state index contributed by atoms with van der Waals surface area (Å²) >= 11 is 0. The molecule has 8 atom stereocenters. The predicted molar refractivity (Wildman–Crippen MR) is 128 cm³/mol. The maximum atomic E-state index is 12.4. The Bertz CT molecular complexity index is 1380. The molecular formula is C23H30N4O11. The molecule has 15 heteroatoms. The lowest BCUT2D eigenvalue weighted by atomic mass is 9.99. The highest BCUT2D eigenvalue weighted by molar-refractivity contribution is 5.81. The SMILES string of the molecule is Cc1cc2nc3c(=O)[nH]c(=O)nc-3n(C[C@H](O)[C@H](O)[C@H](O)CO[C@H]3O[C@H](CO)[C@@H](O)[C@H](O)[C@H]3O)c2cc1C.